The second-order valence-corrected chi connectivity index (χ2v) is 9.21. The van der Waals surface area contributed by atoms with Crippen molar-refractivity contribution < 1.29 is 9.67 Å². The molecule has 0 amide bonds. The highest BCUT2D eigenvalue weighted by atomic mass is 31.2. The van der Waals surface area contributed by atoms with Crippen LogP contribution in [0.1, 0.15) is 19.3 Å². The Morgan fingerprint density at radius 1 is 1.00 bits per heavy atom. The Bertz CT molecular complexity index is 735. The monoisotopic (exact) mass is 338 g/mol. The van der Waals surface area contributed by atoms with Crippen molar-refractivity contribution in [1.29, 1.82) is 0 Å². The molecule has 1 aliphatic rings. The largest absolute Gasteiger partial charge is 0.388 e. The number of aliphatic hydroxyl groups excluding tert-OH is 1. The summed E-state index contributed by atoms with van der Waals surface area (Å²) in [6, 6.07) is 19.4. The summed E-state index contributed by atoms with van der Waals surface area (Å²) in [5, 5.41) is 11.8. The van der Waals surface area contributed by atoms with Gasteiger partial charge in [-0.3, -0.25) is 0 Å². The van der Waals surface area contributed by atoms with Crippen molar-refractivity contribution >= 4 is 17.8 Å². The first-order valence-electron chi connectivity index (χ1n) is 8.33. The zero-order valence-electron chi connectivity index (χ0n) is 13.8. The van der Waals surface area contributed by atoms with Gasteiger partial charge in [0.2, 0.25) is 0 Å². The molecule has 0 aromatic heterocycles. The highest BCUT2D eigenvalue weighted by molar-refractivity contribution is 7.78. The summed E-state index contributed by atoms with van der Waals surface area (Å²) in [4.78, 5) is 0. The number of hydrogen-bond donors (Lipinski definition) is 1. The van der Waals surface area contributed by atoms with E-state index in [1.807, 2.05) is 60.7 Å². The van der Waals surface area contributed by atoms with Crippen LogP contribution in [-0.4, -0.2) is 17.4 Å². The fourth-order valence-electron chi connectivity index (χ4n) is 3.12. The minimum atomic E-state index is -2.71. The predicted octanol–water partition coefficient (Wildman–Crippen LogP) is 4.03. The molecule has 1 atom stereocenters. The molecule has 0 bridgehead atoms. The fourth-order valence-corrected chi connectivity index (χ4v) is 5.67. The molecule has 0 spiro atoms. The van der Waals surface area contributed by atoms with Crippen molar-refractivity contribution in [2.75, 3.05) is 6.16 Å². The quantitative estimate of drug-likeness (QED) is 0.675. The van der Waals surface area contributed by atoms with Crippen molar-refractivity contribution in [1.82, 2.24) is 0 Å². The SMILES string of the molecule is C=C1CC/C(=C/CP(=O)(c2ccccc2)c2ccccc2)C[C@H]1O. The smallest absolute Gasteiger partial charge is 0.146 e. The Hall–Kier alpha value is -1.89. The van der Waals surface area contributed by atoms with Gasteiger partial charge in [-0.05, 0) is 24.8 Å². The molecule has 0 aliphatic heterocycles. The number of hydrogen-bond acceptors (Lipinski definition) is 2. The summed E-state index contributed by atoms with van der Waals surface area (Å²) >= 11 is 0. The summed E-state index contributed by atoms with van der Waals surface area (Å²) in [6.45, 7) is 3.90. The molecule has 1 N–H and O–H groups in total. The van der Waals surface area contributed by atoms with Gasteiger partial charge in [-0.25, -0.2) is 0 Å². The van der Waals surface area contributed by atoms with E-state index in [9.17, 15) is 9.67 Å². The first kappa shape index (κ1) is 17.0. The van der Waals surface area contributed by atoms with Crippen LogP contribution in [-0.2, 0) is 4.57 Å². The molecule has 1 saturated carbocycles. The van der Waals surface area contributed by atoms with Gasteiger partial charge in [0.25, 0.3) is 0 Å². The molecule has 2 nitrogen and oxygen atoms in total. The Balaban J connectivity index is 1.92. The molecule has 1 aliphatic carbocycles. The highest BCUT2D eigenvalue weighted by Gasteiger charge is 2.26. The van der Waals surface area contributed by atoms with Gasteiger partial charge in [0.05, 0.1) is 6.10 Å². The Kier molecular flexibility index (Phi) is 5.18. The number of allylic oxidation sites excluding steroid dienone is 1. The van der Waals surface area contributed by atoms with E-state index in [2.05, 4.69) is 12.7 Å². The summed E-state index contributed by atoms with van der Waals surface area (Å²) in [6.07, 6.45) is 4.44. The summed E-state index contributed by atoms with van der Waals surface area (Å²) in [7, 11) is -2.71. The van der Waals surface area contributed by atoms with Gasteiger partial charge in [-0.1, -0.05) is 78.9 Å². The van der Waals surface area contributed by atoms with E-state index < -0.39 is 13.2 Å². The maximum Gasteiger partial charge on any atom is 0.146 e. The minimum absolute atomic E-state index is 0.460. The molecule has 2 aromatic rings. The van der Waals surface area contributed by atoms with Gasteiger partial charge in [-0.15, -0.1) is 0 Å². The second-order valence-electron chi connectivity index (χ2n) is 6.33. The maximum atomic E-state index is 13.9. The molecule has 124 valence electrons. The molecule has 0 saturated heterocycles. The van der Waals surface area contributed by atoms with Crippen LogP contribution in [0.2, 0.25) is 0 Å². The molecule has 3 heteroatoms. The second kappa shape index (κ2) is 7.34. The summed E-state index contributed by atoms with van der Waals surface area (Å²) in [5.74, 6) is 0. The lowest BCUT2D eigenvalue weighted by Crippen LogP contribution is -2.19. The van der Waals surface area contributed by atoms with Crippen LogP contribution in [0.25, 0.3) is 0 Å². The summed E-state index contributed by atoms with van der Waals surface area (Å²) < 4.78 is 13.9. The average molecular weight is 338 g/mol. The van der Waals surface area contributed by atoms with Crippen molar-refractivity contribution in [2.24, 2.45) is 0 Å². The molecule has 0 unspecified atom stereocenters. The minimum Gasteiger partial charge on any atom is -0.388 e. The first-order chi connectivity index (χ1) is 11.6. The highest BCUT2D eigenvalue weighted by Crippen LogP contribution is 2.44. The maximum absolute atomic E-state index is 13.9. The lowest BCUT2D eigenvalue weighted by Gasteiger charge is -2.23. The standard InChI is InChI=1S/C21H23O2P/c1-17-12-13-18(16-21(17)22)14-15-24(23,19-8-4-2-5-9-19)20-10-6-3-7-11-20/h2-11,14,21-22H,1,12-13,15-16H2/b18-14-/t21-/m1/s1. The van der Waals surface area contributed by atoms with E-state index >= 15 is 0 Å². The Morgan fingerprint density at radius 3 is 2.04 bits per heavy atom. The fraction of sp³-hybridized carbons (Fsp3) is 0.238. The lowest BCUT2D eigenvalue weighted by atomic mass is 9.89. The first-order valence-corrected chi connectivity index (χ1v) is 10.2. The van der Waals surface area contributed by atoms with Crippen LogP contribution in [0.5, 0.6) is 0 Å². The van der Waals surface area contributed by atoms with Crippen molar-refractivity contribution in [3.05, 3.63) is 84.5 Å². The van der Waals surface area contributed by atoms with E-state index in [0.29, 0.717) is 12.6 Å². The molecule has 2 aromatic carbocycles. The van der Waals surface area contributed by atoms with Crippen LogP contribution < -0.4 is 10.6 Å². The van der Waals surface area contributed by atoms with Crippen LogP contribution >= 0.6 is 7.14 Å². The lowest BCUT2D eigenvalue weighted by molar-refractivity contribution is 0.197. The van der Waals surface area contributed by atoms with E-state index in [0.717, 1.165) is 29.0 Å². The molecule has 3 rings (SSSR count). The van der Waals surface area contributed by atoms with Gasteiger partial charge in [-0.2, -0.15) is 0 Å². The molecular weight excluding hydrogens is 315 g/mol. The van der Waals surface area contributed by atoms with Gasteiger partial charge in [0.1, 0.15) is 7.14 Å². The van der Waals surface area contributed by atoms with Crippen molar-refractivity contribution in [3.8, 4) is 0 Å². The number of benzene rings is 2. The van der Waals surface area contributed by atoms with Crippen molar-refractivity contribution in [3.63, 3.8) is 0 Å². The molecule has 0 radical (unpaired) electrons. The van der Waals surface area contributed by atoms with Crippen LogP contribution in [0.4, 0.5) is 0 Å². The third kappa shape index (κ3) is 3.61. The zero-order chi connectivity index (χ0) is 17.0. The average Bonchev–Trinajstić information content (AvgIpc) is 2.64. The molecule has 0 heterocycles. The molecule has 1 fully saturated rings. The zero-order valence-corrected chi connectivity index (χ0v) is 14.7. The topological polar surface area (TPSA) is 37.3 Å². The van der Waals surface area contributed by atoms with Crippen LogP contribution in [0, 0.1) is 0 Å². The number of aliphatic hydroxyl groups is 1. The number of rotatable bonds is 4. The summed E-state index contributed by atoms with van der Waals surface area (Å²) in [5.41, 5.74) is 2.09. The van der Waals surface area contributed by atoms with E-state index in [1.54, 1.807) is 0 Å². The van der Waals surface area contributed by atoms with Crippen LogP contribution in [0.15, 0.2) is 84.5 Å². The van der Waals surface area contributed by atoms with E-state index in [4.69, 9.17) is 0 Å². The molecular formula is C21H23O2P. The normalized spacial score (nSPS) is 20.3. The Labute approximate surface area is 143 Å². The van der Waals surface area contributed by atoms with Gasteiger partial charge in [0, 0.05) is 16.8 Å². The van der Waals surface area contributed by atoms with Crippen molar-refractivity contribution in [2.45, 2.75) is 25.4 Å². The third-order valence-corrected chi connectivity index (χ3v) is 7.64. The predicted molar refractivity (Wildman–Crippen MR) is 102 cm³/mol. The van der Waals surface area contributed by atoms with Gasteiger partial charge in [0.15, 0.2) is 0 Å². The van der Waals surface area contributed by atoms with E-state index in [-0.39, 0.29) is 0 Å². The Morgan fingerprint density at radius 2 is 1.54 bits per heavy atom. The third-order valence-electron chi connectivity index (χ3n) is 4.68. The van der Waals surface area contributed by atoms with Crippen LogP contribution in [0.3, 0.4) is 0 Å². The van der Waals surface area contributed by atoms with E-state index in [1.165, 1.54) is 5.57 Å². The molecule has 24 heavy (non-hydrogen) atoms. The van der Waals surface area contributed by atoms with Gasteiger partial charge >= 0.3 is 0 Å². The van der Waals surface area contributed by atoms with Gasteiger partial charge < -0.3 is 9.67 Å².